The first-order valence-electron chi connectivity index (χ1n) is 7.88. The van der Waals surface area contributed by atoms with Gasteiger partial charge in [0.15, 0.2) is 0 Å². The van der Waals surface area contributed by atoms with E-state index in [1.807, 2.05) is 12.1 Å². The van der Waals surface area contributed by atoms with E-state index in [-0.39, 0.29) is 11.8 Å². The third kappa shape index (κ3) is 3.01. The molecule has 0 aromatic heterocycles. The van der Waals surface area contributed by atoms with E-state index in [1.165, 1.54) is 12.1 Å². The van der Waals surface area contributed by atoms with Gasteiger partial charge in [-0.3, -0.25) is 0 Å². The van der Waals surface area contributed by atoms with Gasteiger partial charge in [-0.05, 0) is 41.5 Å². The minimum atomic E-state index is -0.631. The predicted molar refractivity (Wildman–Crippen MR) is 91.8 cm³/mol. The topological polar surface area (TPSA) is 41.5 Å². The van der Waals surface area contributed by atoms with Gasteiger partial charge in [0.25, 0.3) is 0 Å². The van der Waals surface area contributed by atoms with Crippen molar-refractivity contribution in [2.75, 3.05) is 11.9 Å². The summed E-state index contributed by atoms with van der Waals surface area (Å²) in [6, 6.07) is 15.7. The lowest BCUT2D eigenvalue weighted by molar-refractivity contribution is 0.287. The van der Waals surface area contributed by atoms with Gasteiger partial charge < -0.3 is 15.2 Å². The van der Waals surface area contributed by atoms with Crippen LogP contribution in [0, 0.1) is 11.6 Å². The molecular weight excluding hydrogens is 324 g/mol. The Labute approximate surface area is 143 Å². The average molecular weight is 339 g/mol. The van der Waals surface area contributed by atoms with E-state index in [0.717, 1.165) is 17.3 Å². The molecule has 25 heavy (non-hydrogen) atoms. The summed E-state index contributed by atoms with van der Waals surface area (Å²) in [5, 5.41) is 13.0. The number of anilines is 1. The molecule has 0 saturated heterocycles. The van der Waals surface area contributed by atoms with E-state index in [9.17, 15) is 13.9 Å². The molecule has 5 heteroatoms. The number of hydrogen-bond donors (Lipinski definition) is 2. The van der Waals surface area contributed by atoms with Crippen molar-refractivity contribution < 1.29 is 18.6 Å². The number of ether oxygens (including phenoxy) is 1. The maximum atomic E-state index is 13.5. The van der Waals surface area contributed by atoms with Gasteiger partial charge in [0.1, 0.15) is 29.7 Å². The number of nitrogens with one attached hydrogen (secondary N) is 1. The molecule has 0 radical (unpaired) electrons. The van der Waals surface area contributed by atoms with Gasteiger partial charge >= 0.3 is 0 Å². The first kappa shape index (κ1) is 15.4. The Morgan fingerprint density at radius 2 is 1.72 bits per heavy atom. The highest BCUT2D eigenvalue weighted by Crippen LogP contribution is 2.41. The maximum absolute atomic E-state index is 13.5. The van der Waals surface area contributed by atoms with Crippen molar-refractivity contribution >= 4 is 5.69 Å². The summed E-state index contributed by atoms with van der Waals surface area (Å²) >= 11 is 0. The monoisotopic (exact) mass is 339 g/mol. The van der Waals surface area contributed by atoms with E-state index < -0.39 is 11.6 Å². The van der Waals surface area contributed by atoms with Crippen LogP contribution in [0.3, 0.4) is 0 Å². The Morgan fingerprint density at radius 3 is 2.48 bits per heavy atom. The van der Waals surface area contributed by atoms with E-state index in [0.29, 0.717) is 23.5 Å². The number of phenols is 1. The van der Waals surface area contributed by atoms with Crippen molar-refractivity contribution in [3.63, 3.8) is 0 Å². The van der Waals surface area contributed by atoms with Crippen molar-refractivity contribution in [3.8, 4) is 22.6 Å². The summed E-state index contributed by atoms with van der Waals surface area (Å²) in [6.07, 6.45) is 0. The first-order chi connectivity index (χ1) is 12.1. The Hall–Kier alpha value is -3.08. The van der Waals surface area contributed by atoms with E-state index in [1.54, 1.807) is 30.3 Å². The van der Waals surface area contributed by atoms with Gasteiger partial charge in [0.2, 0.25) is 0 Å². The molecule has 1 unspecified atom stereocenters. The number of aromatic hydroxyl groups is 1. The van der Waals surface area contributed by atoms with Crippen LogP contribution in [0.1, 0.15) is 11.6 Å². The standard InChI is InChI=1S/C20H15F2NO2/c21-14-7-13(8-15(22)10-14)17-5-2-6-18-20(17)25-11-19(23-18)12-3-1-4-16(24)9-12/h1-10,19,23-24H,11H2. The molecule has 0 fully saturated rings. The SMILES string of the molecule is Oc1cccc(C2COc3c(cccc3-c3cc(F)cc(F)c3)N2)c1. The molecule has 1 heterocycles. The molecule has 0 bridgehead atoms. The van der Waals surface area contributed by atoms with Crippen LogP contribution in [0.4, 0.5) is 14.5 Å². The molecule has 1 aliphatic rings. The molecule has 0 spiro atoms. The second-order valence-electron chi connectivity index (χ2n) is 5.94. The van der Waals surface area contributed by atoms with Crippen LogP contribution < -0.4 is 10.1 Å². The van der Waals surface area contributed by atoms with E-state index in [4.69, 9.17) is 4.74 Å². The molecule has 126 valence electrons. The molecular formula is C20H15F2NO2. The normalized spacial score (nSPS) is 15.8. The fourth-order valence-electron chi connectivity index (χ4n) is 3.06. The second kappa shape index (κ2) is 6.09. The predicted octanol–water partition coefficient (Wildman–Crippen LogP) is 4.88. The maximum Gasteiger partial charge on any atom is 0.150 e. The Bertz CT molecular complexity index is 922. The fraction of sp³-hybridized carbons (Fsp3) is 0.100. The highest BCUT2D eigenvalue weighted by molar-refractivity contribution is 5.79. The van der Waals surface area contributed by atoms with Gasteiger partial charge in [0, 0.05) is 11.6 Å². The van der Waals surface area contributed by atoms with Crippen molar-refractivity contribution in [2.45, 2.75) is 6.04 Å². The van der Waals surface area contributed by atoms with Gasteiger partial charge in [-0.2, -0.15) is 0 Å². The quantitative estimate of drug-likeness (QED) is 0.699. The number of hydrogen-bond acceptors (Lipinski definition) is 3. The smallest absolute Gasteiger partial charge is 0.150 e. The van der Waals surface area contributed by atoms with Gasteiger partial charge in [-0.25, -0.2) is 8.78 Å². The molecule has 3 nitrogen and oxygen atoms in total. The first-order valence-corrected chi connectivity index (χ1v) is 7.88. The van der Waals surface area contributed by atoms with Crippen LogP contribution >= 0.6 is 0 Å². The highest BCUT2D eigenvalue weighted by Gasteiger charge is 2.23. The molecule has 3 aromatic rings. The minimum Gasteiger partial charge on any atom is -0.508 e. The van der Waals surface area contributed by atoms with Crippen LogP contribution in [0.5, 0.6) is 11.5 Å². The summed E-state index contributed by atoms with van der Waals surface area (Å²) in [5.74, 6) is -0.513. The highest BCUT2D eigenvalue weighted by atomic mass is 19.1. The zero-order valence-electron chi connectivity index (χ0n) is 13.2. The third-order valence-electron chi connectivity index (χ3n) is 4.19. The van der Waals surface area contributed by atoms with E-state index >= 15 is 0 Å². The van der Waals surface area contributed by atoms with Gasteiger partial charge in [-0.1, -0.05) is 24.3 Å². The largest absolute Gasteiger partial charge is 0.508 e. The lowest BCUT2D eigenvalue weighted by atomic mass is 10.0. The van der Waals surface area contributed by atoms with Crippen LogP contribution in [0.2, 0.25) is 0 Å². The molecule has 1 aliphatic heterocycles. The number of rotatable bonds is 2. The second-order valence-corrected chi connectivity index (χ2v) is 5.94. The van der Waals surface area contributed by atoms with Crippen molar-refractivity contribution in [3.05, 3.63) is 77.9 Å². The van der Waals surface area contributed by atoms with Crippen molar-refractivity contribution in [1.82, 2.24) is 0 Å². The lowest BCUT2D eigenvalue weighted by Gasteiger charge is -2.29. The number of phenolic OH excluding ortho intramolecular Hbond substituents is 1. The summed E-state index contributed by atoms with van der Waals surface area (Å²) < 4.78 is 33.0. The number of halogens is 2. The number of fused-ring (bicyclic) bond motifs is 1. The van der Waals surface area contributed by atoms with Crippen LogP contribution in [0.15, 0.2) is 60.7 Å². The Balaban J connectivity index is 1.71. The van der Waals surface area contributed by atoms with Crippen LogP contribution in [0.25, 0.3) is 11.1 Å². The molecule has 0 aliphatic carbocycles. The van der Waals surface area contributed by atoms with Crippen molar-refractivity contribution in [1.29, 1.82) is 0 Å². The minimum absolute atomic E-state index is 0.126. The summed E-state index contributed by atoms with van der Waals surface area (Å²) in [7, 11) is 0. The van der Waals surface area contributed by atoms with Crippen LogP contribution in [-0.4, -0.2) is 11.7 Å². The molecule has 2 N–H and O–H groups in total. The average Bonchev–Trinajstić information content (AvgIpc) is 2.60. The summed E-state index contributed by atoms with van der Waals surface area (Å²) in [4.78, 5) is 0. The zero-order chi connectivity index (χ0) is 17.4. The van der Waals surface area contributed by atoms with E-state index in [2.05, 4.69) is 5.32 Å². The zero-order valence-corrected chi connectivity index (χ0v) is 13.2. The molecule has 0 amide bonds. The number of benzene rings is 3. The lowest BCUT2D eigenvalue weighted by Crippen LogP contribution is -2.24. The Morgan fingerprint density at radius 1 is 0.960 bits per heavy atom. The molecule has 4 rings (SSSR count). The van der Waals surface area contributed by atoms with Gasteiger partial charge in [0.05, 0.1) is 11.7 Å². The molecule has 3 aromatic carbocycles. The summed E-state index contributed by atoms with van der Waals surface area (Å²) in [6.45, 7) is 0.339. The molecule has 1 atom stereocenters. The van der Waals surface area contributed by atoms with Crippen LogP contribution in [-0.2, 0) is 0 Å². The van der Waals surface area contributed by atoms with Gasteiger partial charge in [-0.15, -0.1) is 0 Å². The third-order valence-corrected chi connectivity index (χ3v) is 4.19. The molecule has 0 saturated carbocycles. The fourth-order valence-corrected chi connectivity index (χ4v) is 3.06. The summed E-state index contributed by atoms with van der Waals surface area (Å²) in [5.41, 5.74) is 2.68. The Kier molecular flexibility index (Phi) is 3.76. The van der Waals surface area contributed by atoms with Crippen molar-refractivity contribution in [2.24, 2.45) is 0 Å². The number of para-hydroxylation sites is 1.